The summed E-state index contributed by atoms with van der Waals surface area (Å²) in [6.07, 6.45) is -0.563. The zero-order valence-electron chi connectivity index (χ0n) is 9.48. The number of rotatable bonds is 4. The van der Waals surface area contributed by atoms with Gasteiger partial charge in [0.1, 0.15) is 6.10 Å². The lowest BCUT2D eigenvalue weighted by atomic mass is 10.2. The van der Waals surface area contributed by atoms with E-state index in [0.29, 0.717) is 17.4 Å². The largest absolute Gasteiger partial charge is 0.480 e. The average Bonchev–Trinajstić information content (AvgIpc) is 2.75. The van der Waals surface area contributed by atoms with Crippen LogP contribution < -0.4 is 4.74 Å². The number of aliphatic hydroxyl groups is 1. The van der Waals surface area contributed by atoms with Gasteiger partial charge < -0.3 is 9.84 Å². The van der Waals surface area contributed by atoms with Gasteiger partial charge >= 0.3 is 0 Å². The van der Waals surface area contributed by atoms with E-state index in [-0.39, 0.29) is 6.42 Å². The molecule has 8 heteroatoms. The number of ether oxygens (including phenoxy) is 1. The molecule has 0 aliphatic rings. The van der Waals surface area contributed by atoms with Gasteiger partial charge in [-0.05, 0) is 11.3 Å². The third-order valence-corrected chi connectivity index (χ3v) is 2.14. The van der Waals surface area contributed by atoms with E-state index >= 15 is 0 Å². The molecule has 0 saturated carbocycles. The zero-order chi connectivity index (χ0) is 12.3. The molecule has 90 valence electrons. The lowest BCUT2D eigenvalue weighted by Gasteiger charge is -2.06. The molecule has 0 aliphatic carbocycles. The van der Waals surface area contributed by atoms with E-state index < -0.39 is 6.10 Å². The molecule has 17 heavy (non-hydrogen) atoms. The quantitative estimate of drug-likeness (QED) is 0.748. The number of hydrogen-bond donors (Lipinski definition) is 1. The van der Waals surface area contributed by atoms with E-state index in [1.54, 1.807) is 19.2 Å². The predicted octanol–water partition coefficient (Wildman–Crippen LogP) is -0.715. The number of hydrogen-bond acceptors (Lipinski definition) is 7. The Bertz CT molecular complexity index is 482. The van der Waals surface area contributed by atoms with Crippen molar-refractivity contribution >= 4 is 0 Å². The topological polar surface area (TPSA) is 98.8 Å². The summed E-state index contributed by atoms with van der Waals surface area (Å²) in [5.74, 6) is 0.858. The second-order valence-electron chi connectivity index (χ2n) is 3.42. The van der Waals surface area contributed by atoms with Crippen LogP contribution in [0.2, 0.25) is 0 Å². The van der Waals surface area contributed by atoms with Gasteiger partial charge in [0.15, 0.2) is 5.82 Å². The molecule has 0 saturated heterocycles. The van der Waals surface area contributed by atoms with Crippen molar-refractivity contribution in [2.24, 2.45) is 7.05 Å². The molecule has 8 nitrogen and oxygen atoms in total. The van der Waals surface area contributed by atoms with Crippen LogP contribution in [0.4, 0.5) is 0 Å². The molecule has 0 aromatic carbocycles. The van der Waals surface area contributed by atoms with Crippen molar-refractivity contribution in [1.82, 2.24) is 30.4 Å². The highest BCUT2D eigenvalue weighted by Gasteiger charge is 2.14. The van der Waals surface area contributed by atoms with Crippen LogP contribution in [-0.2, 0) is 13.5 Å². The number of methoxy groups -OCH3 is 1. The third-order valence-electron chi connectivity index (χ3n) is 2.14. The third kappa shape index (κ3) is 2.72. The molecule has 1 N–H and O–H groups in total. The summed E-state index contributed by atoms with van der Waals surface area (Å²) < 4.78 is 4.88. The van der Waals surface area contributed by atoms with Crippen LogP contribution in [0.25, 0.3) is 0 Å². The molecule has 1 atom stereocenters. The molecule has 1 unspecified atom stereocenters. The van der Waals surface area contributed by atoms with Crippen LogP contribution in [0.15, 0.2) is 12.1 Å². The van der Waals surface area contributed by atoms with Crippen LogP contribution in [-0.4, -0.2) is 42.6 Å². The Hall–Kier alpha value is -2.09. The molecular weight excluding hydrogens is 224 g/mol. The Labute approximate surface area is 97.2 Å². The predicted molar refractivity (Wildman–Crippen MR) is 56.0 cm³/mol. The Morgan fingerprint density at radius 2 is 2.18 bits per heavy atom. The molecule has 2 rings (SSSR count). The Morgan fingerprint density at radius 1 is 1.35 bits per heavy atom. The van der Waals surface area contributed by atoms with Gasteiger partial charge in [0, 0.05) is 12.5 Å². The van der Waals surface area contributed by atoms with Crippen molar-refractivity contribution in [1.29, 1.82) is 0 Å². The summed E-state index contributed by atoms with van der Waals surface area (Å²) in [5.41, 5.74) is 0.443. The van der Waals surface area contributed by atoms with E-state index in [1.807, 2.05) is 0 Å². The summed E-state index contributed by atoms with van der Waals surface area (Å²) in [5, 5.41) is 28.9. The first-order valence-corrected chi connectivity index (χ1v) is 4.97. The minimum Gasteiger partial charge on any atom is -0.480 e. The smallest absolute Gasteiger partial charge is 0.233 e. The maximum atomic E-state index is 9.89. The number of aliphatic hydroxyl groups excluding tert-OH is 1. The van der Waals surface area contributed by atoms with Gasteiger partial charge in [0.2, 0.25) is 5.88 Å². The normalized spacial score (nSPS) is 12.4. The standard InChI is InChI=1S/C9H12N6O2/c1-15-13-8(11-14-15)5-7(16)6-3-4-9(17-2)12-10-6/h3-4,7,16H,5H2,1-2H3. The summed E-state index contributed by atoms with van der Waals surface area (Å²) in [4.78, 5) is 1.34. The van der Waals surface area contributed by atoms with Crippen LogP contribution in [0.1, 0.15) is 17.6 Å². The van der Waals surface area contributed by atoms with Gasteiger partial charge in [-0.3, -0.25) is 0 Å². The number of aromatic nitrogens is 6. The summed E-state index contributed by atoms with van der Waals surface area (Å²) >= 11 is 0. The SMILES string of the molecule is COc1ccc(C(O)Cc2nnn(C)n2)nn1. The van der Waals surface area contributed by atoms with E-state index in [9.17, 15) is 5.11 Å². The van der Waals surface area contributed by atoms with Crippen LogP contribution in [0, 0.1) is 0 Å². The van der Waals surface area contributed by atoms with Gasteiger partial charge in [-0.25, -0.2) is 0 Å². The molecule has 2 aromatic rings. The van der Waals surface area contributed by atoms with E-state index in [2.05, 4.69) is 25.6 Å². The lowest BCUT2D eigenvalue weighted by molar-refractivity contribution is 0.169. The first kappa shape index (κ1) is 11.4. The van der Waals surface area contributed by atoms with E-state index in [4.69, 9.17) is 4.74 Å². The second-order valence-corrected chi connectivity index (χ2v) is 3.42. The first-order valence-electron chi connectivity index (χ1n) is 4.97. The van der Waals surface area contributed by atoms with Crippen molar-refractivity contribution in [2.75, 3.05) is 7.11 Å². The van der Waals surface area contributed by atoms with Crippen molar-refractivity contribution in [3.63, 3.8) is 0 Å². The van der Waals surface area contributed by atoms with Crippen molar-refractivity contribution in [3.8, 4) is 5.88 Å². The van der Waals surface area contributed by atoms with Crippen molar-refractivity contribution in [2.45, 2.75) is 12.5 Å². The fourth-order valence-electron chi connectivity index (χ4n) is 1.30. The fraction of sp³-hybridized carbons (Fsp3) is 0.444. The maximum Gasteiger partial charge on any atom is 0.233 e. The monoisotopic (exact) mass is 236 g/mol. The Kier molecular flexibility index (Phi) is 3.24. The first-order chi connectivity index (χ1) is 8.19. The molecule has 2 heterocycles. The maximum absolute atomic E-state index is 9.89. The molecule has 0 amide bonds. The number of tetrazole rings is 1. The summed E-state index contributed by atoms with van der Waals surface area (Å²) in [6.45, 7) is 0. The molecule has 0 spiro atoms. The fourth-order valence-corrected chi connectivity index (χ4v) is 1.30. The van der Waals surface area contributed by atoms with Crippen LogP contribution in [0.3, 0.4) is 0 Å². The van der Waals surface area contributed by atoms with E-state index in [1.165, 1.54) is 11.9 Å². The second kappa shape index (κ2) is 4.83. The molecule has 0 bridgehead atoms. The van der Waals surface area contributed by atoms with Gasteiger partial charge in [-0.2, -0.15) is 4.80 Å². The molecule has 0 aliphatic heterocycles. The van der Waals surface area contributed by atoms with Crippen molar-refractivity contribution < 1.29 is 9.84 Å². The van der Waals surface area contributed by atoms with Gasteiger partial charge in [0.25, 0.3) is 0 Å². The minimum atomic E-state index is -0.808. The highest BCUT2D eigenvalue weighted by atomic mass is 16.5. The van der Waals surface area contributed by atoms with Gasteiger partial charge in [0.05, 0.1) is 19.9 Å². The minimum absolute atomic E-state index is 0.245. The highest BCUT2D eigenvalue weighted by Crippen LogP contribution is 2.14. The average molecular weight is 236 g/mol. The highest BCUT2D eigenvalue weighted by molar-refractivity contribution is 5.13. The molecule has 0 fully saturated rings. The summed E-state index contributed by atoms with van der Waals surface area (Å²) in [7, 11) is 3.17. The summed E-state index contributed by atoms with van der Waals surface area (Å²) in [6, 6.07) is 3.28. The van der Waals surface area contributed by atoms with Gasteiger partial charge in [-0.15, -0.1) is 20.4 Å². The Morgan fingerprint density at radius 3 is 2.71 bits per heavy atom. The number of aryl methyl sites for hydroxylation is 1. The number of nitrogens with zero attached hydrogens (tertiary/aromatic N) is 6. The lowest BCUT2D eigenvalue weighted by Crippen LogP contribution is -2.07. The zero-order valence-corrected chi connectivity index (χ0v) is 9.48. The molecule has 0 radical (unpaired) electrons. The molecular formula is C9H12N6O2. The molecule has 2 aromatic heterocycles. The van der Waals surface area contributed by atoms with Crippen molar-refractivity contribution in [3.05, 3.63) is 23.7 Å². The van der Waals surface area contributed by atoms with Gasteiger partial charge in [-0.1, -0.05) is 0 Å². The van der Waals surface area contributed by atoms with E-state index in [0.717, 1.165) is 0 Å². The van der Waals surface area contributed by atoms with Crippen LogP contribution in [0.5, 0.6) is 5.88 Å². The Balaban J connectivity index is 2.06. The van der Waals surface area contributed by atoms with Crippen LogP contribution >= 0.6 is 0 Å².